The van der Waals surface area contributed by atoms with Gasteiger partial charge in [-0.3, -0.25) is 4.79 Å². The number of nitrogens with one attached hydrogen (secondary N) is 1. The second kappa shape index (κ2) is 5.07. The summed E-state index contributed by atoms with van der Waals surface area (Å²) in [6, 6.07) is 0. The zero-order chi connectivity index (χ0) is 19.2. The molecule has 1 atom stereocenters. The fraction of sp³-hybridized carbons (Fsp3) is 0.722. The quantitative estimate of drug-likeness (QED) is 0.726. The van der Waals surface area contributed by atoms with E-state index in [9.17, 15) is 13.2 Å². The average molecular weight is 392 g/mol. The van der Waals surface area contributed by atoms with E-state index in [-0.39, 0.29) is 11.2 Å². The van der Waals surface area contributed by atoms with Crippen molar-refractivity contribution in [3.05, 3.63) is 22.7 Å². The van der Waals surface area contributed by atoms with Gasteiger partial charge in [-0.15, -0.1) is 5.11 Å². The summed E-state index contributed by atoms with van der Waals surface area (Å²) in [5.41, 5.74) is 1.63. The number of ether oxygens (including phenoxy) is 1. The Balaban J connectivity index is 1.55. The predicted octanol–water partition coefficient (Wildman–Crippen LogP) is 1.33. The van der Waals surface area contributed by atoms with E-state index >= 15 is 0 Å². The van der Waals surface area contributed by atoms with Crippen LogP contribution in [0.4, 0.5) is 0 Å². The van der Waals surface area contributed by atoms with E-state index in [4.69, 9.17) is 4.74 Å². The number of fused-ring (bicyclic) bond motifs is 2. The third kappa shape index (κ3) is 2.41. The molecule has 0 saturated carbocycles. The van der Waals surface area contributed by atoms with Gasteiger partial charge in [0.05, 0.1) is 30.4 Å². The van der Waals surface area contributed by atoms with Gasteiger partial charge in [-0.05, 0) is 18.3 Å². The number of dihydropyridines is 1. The van der Waals surface area contributed by atoms with Crippen LogP contribution < -0.4 is 5.32 Å². The number of ketones is 1. The summed E-state index contributed by atoms with van der Waals surface area (Å²) in [7, 11) is -3.23. The third-order valence-corrected chi connectivity index (χ3v) is 7.73. The molecule has 2 spiro atoms. The Hall–Kier alpha value is -1.58. The first kappa shape index (κ1) is 17.5. The van der Waals surface area contributed by atoms with Crippen LogP contribution in [0.3, 0.4) is 0 Å². The van der Waals surface area contributed by atoms with Gasteiger partial charge < -0.3 is 10.1 Å². The molecule has 0 amide bonds. The van der Waals surface area contributed by atoms with E-state index in [0.29, 0.717) is 39.1 Å². The second-order valence-electron chi connectivity index (χ2n) is 9.41. The Labute approximate surface area is 158 Å². The van der Waals surface area contributed by atoms with E-state index in [1.54, 1.807) is 0 Å². The van der Waals surface area contributed by atoms with Crippen LogP contribution in [0, 0.1) is 10.8 Å². The van der Waals surface area contributed by atoms with Gasteiger partial charge in [0.15, 0.2) is 11.6 Å². The van der Waals surface area contributed by atoms with Crippen molar-refractivity contribution in [2.24, 2.45) is 21.1 Å². The molecular formula is C18H24N4O4S. The Morgan fingerprint density at radius 2 is 1.96 bits per heavy atom. The van der Waals surface area contributed by atoms with Gasteiger partial charge in [0.2, 0.25) is 10.0 Å². The summed E-state index contributed by atoms with van der Waals surface area (Å²) in [5, 5.41) is 11.8. The number of rotatable bonds is 1. The minimum Gasteiger partial charge on any atom is -0.371 e. The topological polar surface area (TPSA) is 100 Å². The van der Waals surface area contributed by atoms with Gasteiger partial charge in [-0.2, -0.15) is 9.42 Å². The Morgan fingerprint density at radius 1 is 1.22 bits per heavy atom. The maximum atomic E-state index is 13.2. The van der Waals surface area contributed by atoms with Crippen LogP contribution in [0.2, 0.25) is 0 Å². The maximum Gasteiger partial charge on any atom is 0.211 e. The molecule has 8 nitrogen and oxygen atoms in total. The van der Waals surface area contributed by atoms with Crippen molar-refractivity contribution in [1.29, 1.82) is 0 Å². The van der Waals surface area contributed by atoms with Crippen LogP contribution >= 0.6 is 0 Å². The largest absolute Gasteiger partial charge is 0.371 e. The van der Waals surface area contributed by atoms with Crippen LogP contribution in [0.25, 0.3) is 0 Å². The monoisotopic (exact) mass is 392 g/mol. The molecule has 0 aromatic rings. The zero-order valence-corrected chi connectivity index (χ0v) is 16.6. The summed E-state index contributed by atoms with van der Waals surface area (Å²) in [5.74, 6) is 0.909. The molecule has 27 heavy (non-hydrogen) atoms. The molecule has 2 saturated heterocycles. The first-order chi connectivity index (χ1) is 12.5. The normalized spacial score (nSPS) is 34.1. The van der Waals surface area contributed by atoms with Crippen LogP contribution in [0.15, 0.2) is 32.9 Å². The highest BCUT2D eigenvalue weighted by molar-refractivity contribution is 7.88. The number of carbonyl (C=O) groups is 1. The average Bonchev–Trinajstić information content (AvgIpc) is 3.08. The fourth-order valence-corrected chi connectivity index (χ4v) is 6.32. The Morgan fingerprint density at radius 3 is 2.67 bits per heavy atom. The van der Waals surface area contributed by atoms with E-state index in [1.165, 1.54) is 10.6 Å². The Bertz CT molecular complexity index is 956. The number of hydrogen-bond acceptors (Lipinski definition) is 7. The lowest BCUT2D eigenvalue weighted by atomic mass is 9.61. The van der Waals surface area contributed by atoms with Crippen LogP contribution in [-0.2, 0) is 19.6 Å². The maximum absolute atomic E-state index is 13.2. The third-order valence-electron chi connectivity index (χ3n) is 6.53. The molecule has 2 fully saturated rings. The molecule has 146 valence electrons. The number of azo groups is 1. The van der Waals surface area contributed by atoms with Gasteiger partial charge in [0.1, 0.15) is 0 Å². The minimum atomic E-state index is -3.23. The van der Waals surface area contributed by atoms with E-state index in [1.807, 2.05) is 0 Å². The van der Waals surface area contributed by atoms with Crippen LogP contribution in [-0.4, -0.2) is 56.6 Å². The molecule has 5 aliphatic rings. The molecule has 1 aliphatic carbocycles. The van der Waals surface area contributed by atoms with Gasteiger partial charge in [-0.1, -0.05) is 13.8 Å². The summed E-state index contributed by atoms with van der Waals surface area (Å²) in [4.78, 5) is 13.2. The van der Waals surface area contributed by atoms with Gasteiger partial charge >= 0.3 is 0 Å². The molecule has 4 heterocycles. The Kier molecular flexibility index (Phi) is 3.29. The van der Waals surface area contributed by atoms with Crippen molar-refractivity contribution >= 4 is 15.8 Å². The molecule has 9 heteroatoms. The lowest BCUT2D eigenvalue weighted by molar-refractivity contribution is -0.119. The van der Waals surface area contributed by atoms with Crippen molar-refractivity contribution in [3.8, 4) is 0 Å². The number of carbonyl (C=O) groups excluding carboxylic acids is 1. The van der Waals surface area contributed by atoms with Crippen molar-refractivity contribution in [2.75, 3.05) is 32.5 Å². The number of allylic oxidation sites excluding steroid dienone is 1. The molecule has 0 bridgehead atoms. The van der Waals surface area contributed by atoms with E-state index < -0.39 is 21.0 Å². The zero-order valence-electron chi connectivity index (χ0n) is 15.8. The van der Waals surface area contributed by atoms with E-state index in [2.05, 4.69) is 29.4 Å². The molecule has 0 unspecified atom stereocenters. The summed E-state index contributed by atoms with van der Waals surface area (Å²) >= 11 is 0. The number of nitrogens with zero attached hydrogens (tertiary/aromatic N) is 3. The SMILES string of the molecule is CC1(C)CC(=O)C2=C(C1)NC1=C(CN=N1)[C@@]21COC2(CN(S(C)(=O)=O)C2)C1. The smallest absolute Gasteiger partial charge is 0.211 e. The minimum absolute atomic E-state index is 0.0986. The highest BCUT2D eigenvalue weighted by atomic mass is 32.2. The highest BCUT2D eigenvalue weighted by Gasteiger charge is 2.63. The van der Waals surface area contributed by atoms with Crippen molar-refractivity contribution in [2.45, 2.75) is 38.7 Å². The van der Waals surface area contributed by atoms with Crippen LogP contribution in [0.1, 0.15) is 33.1 Å². The number of hydrogen-bond donors (Lipinski definition) is 1. The summed E-state index contributed by atoms with van der Waals surface area (Å²) < 4.78 is 31.3. The lowest BCUT2D eigenvalue weighted by Gasteiger charge is -2.47. The molecule has 0 radical (unpaired) electrons. The fourth-order valence-electron chi connectivity index (χ4n) is 5.38. The highest BCUT2D eigenvalue weighted by Crippen LogP contribution is 2.58. The standard InChI is InChI=1S/C18H24N4O4S/c1-16(2)4-12-14(13(23)5-16)18(11-6-19-21-15(11)20-12)7-17(26-10-18)8-22(9-17)27(3,24)25/h20H,4-10H2,1-3H3/t18-/m1/s1. The lowest BCUT2D eigenvalue weighted by Crippen LogP contribution is -2.63. The molecule has 0 aromatic carbocycles. The molecular weight excluding hydrogens is 368 g/mol. The summed E-state index contributed by atoms with van der Waals surface area (Å²) in [6.07, 6.45) is 3.12. The van der Waals surface area contributed by atoms with E-state index in [0.717, 1.165) is 29.1 Å². The first-order valence-corrected chi connectivity index (χ1v) is 11.1. The first-order valence-electron chi connectivity index (χ1n) is 9.28. The summed E-state index contributed by atoms with van der Waals surface area (Å²) in [6.45, 7) is 5.75. The van der Waals surface area contributed by atoms with Gasteiger partial charge in [0, 0.05) is 36.4 Å². The van der Waals surface area contributed by atoms with Crippen LogP contribution in [0.5, 0.6) is 0 Å². The van der Waals surface area contributed by atoms with Crippen molar-refractivity contribution in [3.63, 3.8) is 0 Å². The number of sulfonamides is 1. The molecule has 4 aliphatic heterocycles. The van der Waals surface area contributed by atoms with Gasteiger partial charge in [0.25, 0.3) is 0 Å². The predicted molar refractivity (Wildman–Crippen MR) is 97.1 cm³/mol. The van der Waals surface area contributed by atoms with Crippen molar-refractivity contribution < 1.29 is 17.9 Å². The molecule has 5 rings (SSSR count). The van der Waals surface area contributed by atoms with Crippen molar-refractivity contribution in [1.82, 2.24) is 9.62 Å². The van der Waals surface area contributed by atoms with Gasteiger partial charge in [-0.25, -0.2) is 8.42 Å². The molecule has 1 N–H and O–H groups in total. The second-order valence-corrected chi connectivity index (χ2v) is 11.4. The molecule has 0 aromatic heterocycles. The number of Topliss-reactive ketones (excluding diaryl/α,β-unsaturated/α-hetero) is 1.